The molecule has 0 heterocycles. The Kier molecular flexibility index (Phi) is 5.73. The number of ether oxygens (including phenoxy) is 1. The summed E-state index contributed by atoms with van der Waals surface area (Å²) in [5.41, 5.74) is 6.28. The molecule has 1 aliphatic rings. The van der Waals surface area contributed by atoms with E-state index in [1.54, 1.807) is 0 Å². The molecular formula is C13H28N2O. The predicted molar refractivity (Wildman–Crippen MR) is 68.5 cm³/mol. The van der Waals surface area contributed by atoms with Crippen molar-refractivity contribution in [3.8, 4) is 0 Å². The average Bonchev–Trinajstić information content (AvgIpc) is 2.68. The van der Waals surface area contributed by atoms with E-state index in [0.29, 0.717) is 0 Å². The van der Waals surface area contributed by atoms with Gasteiger partial charge in [0.25, 0.3) is 0 Å². The Morgan fingerprint density at radius 2 is 2.19 bits per heavy atom. The van der Waals surface area contributed by atoms with Crippen LogP contribution in [-0.4, -0.2) is 43.3 Å². The molecule has 0 aromatic rings. The van der Waals surface area contributed by atoms with Crippen LogP contribution in [0.5, 0.6) is 0 Å². The standard InChI is InChI=1S/C13H28N2O/c1-4-15(8-9-16-5-2)13(11-14)7-6-12(3)10-13/h12H,4-11,14H2,1-3H3. The van der Waals surface area contributed by atoms with Gasteiger partial charge < -0.3 is 10.5 Å². The minimum absolute atomic E-state index is 0.255. The Morgan fingerprint density at radius 3 is 2.62 bits per heavy atom. The molecule has 3 nitrogen and oxygen atoms in total. The van der Waals surface area contributed by atoms with Gasteiger partial charge in [-0.25, -0.2) is 0 Å². The lowest BCUT2D eigenvalue weighted by atomic mass is 9.94. The molecule has 0 spiro atoms. The van der Waals surface area contributed by atoms with Crippen LogP contribution in [0.4, 0.5) is 0 Å². The van der Waals surface area contributed by atoms with E-state index in [4.69, 9.17) is 10.5 Å². The van der Waals surface area contributed by atoms with Gasteiger partial charge in [0, 0.05) is 25.2 Å². The van der Waals surface area contributed by atoms with Gasteiger partial charge in [0.2, 0.25) is 0 Å². The molecule has 2 atom stereocenters. The van der Waals surface area contributed by atoms with Gasteiger partial charge in [0.1, 0.15) is 0 Å². The lowest BCUT2D eigenvalue weighted by molar-refractivity contribution is 0.0531. The second-order valence-electron chi connectivity index (χ2n) is 5.05. The number of nitrogens with zero attached hydrogens (tertiary/aromatic N) is 1. The minimum atomic E-state index is 0.255. The van der Waals surface area contributed by atoms with Crippen LogP contribution in [0, 0.1) is 5.92 Å². The number of hydrogen-bond donors (Lipinski definition) is 1. The molecule has 1 saturated carbocycles. The summed E-state index contributed by atoms with van der Waals surface area (Å²) >= 11 is 0. The fourth-order valence-corrected chi connectivity index (χ4v) is 3.02. The fourth-order valence-electron chi connectivity index (χ4n) is 3.02. The highest BCUT2D eigenvalue weighted by Gasteiger charge is 2.40. The molecule has 0 radical (unpaired) electrons. The van der Waals surface area contributed by atoms with Crippen molar-refractivity contribution in [2.75, 3.05) is 32.8 Å². The highest BCUT2D eigenvalue weighted by atomic mass is 16.5. The Balaban J connectivity index is 2.54. The monoisotopic (exact) mass is 228 g/mol. The first kappa shape index (κ1) is 13.9. The highest BCUT2D eigenvalue weighted by molar-refractivity contribution is 4.97. The molecule has 1 rings (SSSR count). The quantitative estimate of drug-likeness (QED) is 0.676. The molecule has 0 aliphatic heterocycles. The second-order valence-corrected chi connectivity index (χ2v) is 5.05. The van der Waals surface area contributed by atoms with E-state index in [1.165, 1.54) is 19.3 Å². The number of hydrogen-bond acceptors (Lipinski definition) is 3. The van der Waals surface area contributed by atoms with E-state index < -0.39 is 0 Å². The zero-order chi connectivity index (χ0) is 12.0. The molecule has 1 fully saturated rings. The van der Waals surface area contributed by atoms with E-state index >= 15 is 0 Å². The van der Waals surface area contributed by atoms with E-state index in [-0.39, 0.29) is 5.54 Å². The molecule has 16 heavy (non-hydrogen) atoms. The SMILES string of the molecule is CCOCCN(CC)C1(CN)CCC(C)C1. The van der Waals surface area contributed by atoms with Gasteiger partial charge in [-0.1, -0.05) is 13.8 Å². The first-order valence-electron chi connectivity index (χ1n) is 6.71. The normalized spacial score (nSPS) is 30.2. The minimum Gasteiger partial charge on any atom is -0.380 e. The van der Waals surface area contributed by atoms with Gasteiger partial charge >= 0.3 is 0 Å². The molecule has 0 amide bonds. The summed E-state index contributed by atoms with van der Waals surface area (Å²) in [6.45, 7) is 11.2. The maximum absolute atomic E-state index is 6.03. The lowest BCUT2D eigenvalue weighted by Gasteiger charge is -2.40. The van der Waals surface area contributed by atoms with Crippen molar-refractivity contribution in [2.45, 2.75) is 45.6 Å². The van der Waals surface area contributed by atoms with Crippen molar-refractivity contribution in [3.05, 3.63) is 0 Å². The lowest BCUT2D eigenvalue weighted by Crippen LogP contribution is -2.53. The van der Waals surface area contributed by atoms with Gasteiger partial charge in [-0.15, -0.1) is 0 Å². The van der Waals surface area contributed by atoms with E-state index in [0.717, 1.165) is 38.8 Å². The molecule has 3 heteroatoms. The largest absolute Gasteiger partial charge is 0.380 e. The van der Waals surface area contributed by atoms with Crippen LogP contribution in [0.25, 0.3) is 0 Å². The van der Waals surface area contributed by atoms with Gasteiger partial charge in [0.05, 0.1) is 6.61 Å². The first-order valence-corrected chi connectivity index (χ1v) is 6.71. The molecule has 1 aliphatic carbocycles. The van der Waals surface area contributed by atoms with Crippen molar-refractivity contribution in [3.63, 3.8) is 0 Å². The Bertz CT molecular complexity index is 198. The molecule has 2 N–H and O–H groups in total. The van der Waals surface area contributed by atoms with Crippen molar-refractivity contribution < 1.29 is 4.74 Å². The van der Waals surface area contributed by atoms with Crippen LogP contribution < -0.4 is 5.73 Å². The topological polar surface area (TPSA) is 38.5 Å². The fraction of sp³-hybridized carbons (Fsp3) is 1.00. The maximum Gasteiger partial charge on any atom is 0.0593 e. The van der Waals surface area contributed by atoms with Crippen molar-refractivity contribution in [1.29, 1.82) is 0 Å². The third kappa shape index (κ3) is 3.19. The summed E-state index contributed by atoms with van der Waals surface area (Å²) in [6.07, 6.45) is 3.83. The molecule has 0 aromatic heterocycles. The van der Waals surface area contributed by atoms with Gasteiger partial charge in [-0.2, -0.15) is 0 Å². The summed E-state index contributed by atoms with van der Waals surface area (Å²) < 4.78 is 5.46. The number of nitrogens with two attached hydrogens (primary N) is 1. The number of rotatable bonds is 7. The van der Waals surface area contributed by atoms with E-state index in [9.17, 15) is 0 Å². The Morgan fingerprint density at radius 1 is 1.44 bits per heavy atom. The van der Waals surface area contributed by atoms with Crippen molar-refractivity contribution >= 4 is 0 Å². The van der Waals surface area contributed by atoms with Crippen LogP contribution >= 0.6 is 0 Å². The smallest absolute Gasteiger partial charge is 0.0593 e. The predicted octanol–water partition coefficient (Wildman–Crippen LogP) is 1.86. The molecule has 96 valence electrons. The van der Waals surface area contributed by atoms with Crippen LogP contribution in [0.1, 0.15) is 40.0 Å². The van der Waals surface area contributed by atoms with Crippen LogP contribution in [0.2, 0.25) is 0 Å². The van der Waals surface area contributed by atoms with Gasteiger partial charge in [-0.05, 0) is 38.6 Å². The zero-order valence-electron chi connectivity index (χ0n) is 11.2. The molecule has 2 unspecified atom stereocenters. The summed E-state index contributed by atoms with van der Waals surface area (Å²) in [5, 5.41) is 0. The second kappa shape index (κ2) is 6.58. The Labute approximate surface area is 100 Å². The van der Waals surface area contributed by atoms with Crippen LogP contribution in [0.3, 0.4) is 0 Å². The zero-order valence-corrected chi connectivity index (χ0v) is 11.2. The molecule has 0 bridgehead atoms. The first-order chi connectivity index (χ1) is 7.68. The van der Waals surface area contributed by atoms with Crippen molar-refractivity contribution in [1.82, 2.24) is 4.90 Å². The number of likely N-dealkylation sites (N-methyl/N-ethyl adjacent to an activating group) is 1. The van der Waals surface area contributed by atoms with Crippen molar-refractivity contribution in [2.24, 2.45) is 11.7 Å². The average molecular weight is 228 g/mol. The summed E-state index contributed by atoms with van der Waals surface area (Å²) in [5.74, 6) is 0.824. The molecule has 0 aromatic carbocycles. The molecule has 0 saturated heterocycles. The maximum atomic E-state index is 6.03. The summed E-state index contributed by atoms with van der Waals surface area (Å²) in [6, 6.07) is 0. The van der Waals surface area contributed by atoms with Gasteiger partial charge in [-0.3, -0.25) is 4.90 Å². The molecular weight excluding hydrogens is 200 g/mol. The van der Waals surface area contributed by atoms with E-state index in [1.807, 2.05) is 6.92 Å². The third-order valence-electron chi connectivity index (χ3n) is 3.97. The van der Waals surface area contributed by atoms with Crippen LogP contribution in [0.15, 0.2) is 0 Å². The highest BCUT2D eigenvalue weighted by Crippen LogP contribution is 2.38. The van der Waals surface area contributed by atoms with Crippen LogP contribution in [-0.2, 0) is 4.74 Å². The Hall–Kier alpha value is -0.120. The van der Waals surface area contributed by atoms with E-state index in [2.05, 4.69) is 18.7 Å². The summed E-state index contributed by atoms with van der Waals surface area (Å²) in [4.78, 5) is 2.53. The van der Waals surface area contributed by atoms with Gasteiger partial charge in [0.15, 0.2) is 0 Å². The third-order valence-corrected chi connectivity index (χ3v) is 3.97. The summed E-state index contributed by atoms with van der Waals surface area (Å²) in [7, 11) is 0.